The summed E-state index contributed by atoms with van der Waals surface area (Å²) < 4.78 is 5.32. The molecule has 0 radical (unpaired) electrons. The van der Waals surface area contributed by atoms with E-state index in [0.29, 0.717) is 19.8 Å². The fourth-order valence-electron chi connectivity index (χ4n) is 3.24. The molecule has 4 atom stereocenters. The smallest absolute Gasteiger partial charge is 0.306 e. The van der Waals surface area contributed by atoms with Gasteiger partial charge in [0.2, 0.25) is 5.91 Å². The molecule has 0 aromatic carbocycles. The van der Waals surface area contributed by atoms with E-state index >= 15 is 0 Å². The third kappa shape index (κ3) is 3.49. The number of likely N-dealkylation sites (N-methyl/N-ethyl adjacent to an activating group) is 1. The molecule has 0 aromatic rings. The fourth-order valence-corrected chi connectivity index (χ4v) is 3.24. The predicted octanol–water partition coefficient (Wildman–Crippen LogP) is 0.228. The van der Waals surface area contributed by atoms with Gasteiger partial charge in [-0.25, -0.2) is 0 Å². The number of aliphatic carboxylic acids is 1. The van der Waals surface area contributed by atoms with Gasteiger partial charge in [0, 0.05) is 12.6 Å². The highest BCUT2D eigenvalue weighted by Crippen LogP contribution is 2.29. The van der Waals surface area contributed by atoms with Crippen molar-refractivity contribution in [1.82, 2.24) is 10.6 Å². The summed E-state index contributed by atoms with van der Waals surface area (Å²) in [4.78, 5) is 23.4. The largest absolute Gasteiger partial charge is 0.481 e. The topological polar surface area (TPSA) is 87.7 Å². The van der Waals surface area contributed by atoms with E-state index in [1.165, 1.54) is 0 Å². The summed E-state index contributed by atoms with van der Waals surface area (Å²) in [6.07, 6.45) is 3.63. The van der Waals surface area contributed by atoms with Crippen LogP contribution in [-0.4, -0.2) is 49.8 Å². The molecule has 0 aromatic heterocycles. The van der Waals surface area contributed by atoms with Crippen LogP contribution < -0.4 is 10.6 Å². The van der Waals surface area contributed by atoms with Gasteiger partial charge in [0.1, 0.15) is 0 Å². The van der Waals surface area contributed by atoms with Crippen molar-refractivity contribution in [3.8, 4) is 0 Å². The second kappa shape index (κ2) is 7.04. The molecular formula is C14H24N2O4. The molecule has 6 heteroatoms. The van der Waals surface area contributed by atoms with Crippen LogP contribution in [0.2, 0.25) is 0 Å². The number of carbonyl (C=O) groups excluding carboxylic acids is 1. The Labute approximate surface area is 119 Å². The second-order valence-electron chi connectivity index (χ2n) is 5.77. The number of rotatable bonds is 5. The third-order valence-corrected chi connectivity index (χ3v) is 4.55. The van der Waals surface area contributed by atoms with Gasteiger partial charge in [0.25, 0.3) is 0 Å². The summed E-state index contributed by atoms with van der Waals surface area (Å²) in [5.74, 6) is -1.20. The Morgan fingerprint density at radius 2 is 1.95 bits per heavy atom. The summed E-state index contributed by atoms with van der Waals surface area (Å²) >= 11 is 0. The lowest BCUT2D eigenvalue weighted by Crippen LogP contribution is -2.45. The number of carbonyl (C=O) groups is 2. The number of nitrogens with one attached hydrogen (secondary N) is 2. The van der Waals surface area contributed by atoms with E-state index in [1.54, 1.807) is 0 Å². The zero-order chi connectivity index (χ0) is 14.5. The van der Waals surface area contributed by atoms with Crippen LogP contribution in [0.4, 0.5) is 0 Å². The van der Waals surface area contributed by atoms with Gasteiger partial charge in [0.05, 0.1) is 25.0 Å². The quantitative estimate of drug-likeness (QED) is 0.672. The maximum Gasteiger partial charge on any atom is 0.306 e. The number of carboxylic acid groups (broad SMARTS) is 1. The van der Waals surface area contributed by atoms with Crippen molar-refractivity contribution in [2.45, 2.75) is 31.7 Å². The van der Waals surface area contributed by atoms with Crippen LogP contribution in [0.15, 0.2) is 0 Å². The van der Waals surface area contributed by atoms with Crippen molar-refractivity contribution < 1.29 is 19.4 Å². The van der Waals surface area contributed by atoms with E-state index in [1.807, 2.05) is 7.05 Å². The Morgan fingerprint density at radius 1 is 1.20 bits per heavy atom. The first kappa shape index (κ1) is 15.3. The van der Waals surface area contributed by atoms with Crippen molar-refractivity contribution in [2.24, 2.45) is 17.8 Å². The number of ether oxygens (including phenoxy) is 1. The van der Waals surface area contributed by atoms with E-state index in [-0.39, 0.29) is 29.7 Å². The van der Waals surface area contributed by atoms with Crippen molar-refractivity contribution in [2.75, 3.05) is 26.8 Å². The minimum absolute atomic E-state index is 0.0310. The van der Waals surface area contributed by atoms with Crippen LogP contribution in [-0.2, 0) is 14.3 Å². The molecule has 3 N–H and O–H groups in total. The van der Waals surface area contributed by atoms with Gasteiger partial charge in [0.15, 0.2) is 0 Å². The lowest BCUT2D eigenvalue weighted by atomic mass is 9.79. The van der Waals surface area contributed by atoms with E-state index in [2.05, 4.69) is 10.6 Å². The lowest BCUT2D eigenvalue weighted by Gasteiger charge is -2.29. The van der Waals surface area contributed by atoms with Gasteiger partial charge in [-0.2, -0.15) is 0 Å². The average Bonchev–Trinajstić information content (AvgIpc) is 2.93. The van der Waals surface area contributed by atoms with E-state index in [4.69, 9.17) is 4.74 Å². The lowest BCUT2D eigenvalue weighted by molar-refractivity contribution is -0.145. The highest BCUT2D eigenvalue weighted by Gasteiger charge is 2.35. The normalized spacial score (nSPS) is 33.9. The zero-order valence-corrected chi connectivity index (χ0v) is 11.9. The zero-order valence-electron chi connectivity index (χ0n) is 11.9. The molecule has 1 aliphatic carbocycles. The first-order valence-corrected chi connectivity index (χ1v) is 7.39. The van der Waals surface area contributed by atoms with Crippen LogP contribution in [0.3, 0.4) is 0 Å². The van der Waals surface area contributed by atoms with Gasteiger partial charge in [-0.05, 0) is 25.8 Å². The van der Waals surface area contributed by atoms with Gasteiger partial charge in [-0.1, -0.05) is 12.8 Å². The Morgan fingerprint density at radius 3 is 2.65 bits per heavy atom. The molecule has 1 heterocycles. The Kier molecular flexibility index (Phi) is 5.37. The van der Waals surface area contributed by atoms with Gasteiger partial charge < -0.3 is 20.5 Å². The van der Waals surface area contributed by atoms with Crippen LogP contribution in [0.5, 0.6) is 0 Å². The second-order valence-corrected chi connectivity index (χ2v) is 5.77. The molecular weight excluding hydrogens is 260 g/mol. The van der Waals surface area contributed by atoms with Crippen LogP contribution >= 0.6 is 0 Å². The monoisotopic (exact) mass is 284 g/mol. The van der Waals surface area contributed by atoms with Crippen molar-refractivity contribution in [3.63, 3.8) is 0 Å². The van der Waals surface area contributed by atoms with Gasteiger partial charge in [-0.3, -0.25) is 9.59 Å². The average molecular weight is 284 g/mol. The molecule has 1 aliphatic heterocycles. The maximum atomic E-state index is 12.2. The molecule has 6 nitrogen and oxygen atoms in total. The summed E-state index contributed by atoms with van der Waals surface area (Å²) in [5, 5.41) is 15.2. The molecule has 1 saturated heterocycles. The number of hydrogen-bond acceptors (Lipinski definition) is 4. The number of amides is 1. The number of hydrogen-bond donors (Lipinski definition) is 3. The molecule has 0 spiro atoms. The third-order valence-electron chi connectivity index (χ3n) is 4.55. The summed E-state index contributed by atoms with van der Waals surface area (Å²) in [7, 11) is 1.82. The van der Waals surface area contributed by atoms with Gasteiger partial charge >= 0.3 is 5.97 Å². The minimum Gasteiger partial charge on any atom is -0.481 e. The fraction of sp³-hybridized carbons (Fsp3) is 0.857. The van der Waals surface area contributed by atoms with E-state index in [9.17, 15) is 14.7 Å². The SMILES string of the molecule is CNC1COCC1C(=O)NCC1CCCCC1C(=O)O. The first-order chi connectivity index (χ1) is 9.63. The molecule has 1 amide bonds. The van der Waals surface area contributed by atoms with Gasteiger partial charge in [-0.15, -0.1) is 0 Å². The molecule has 1 saturated carbocycles. The van der Waals surface area contributed by atoms with Crippen LogP contribution in [0.1, 0.15) is 25.7 Å². The van der Waals surface area contributed by atoms with E-state index < -0.39 is 5.97 Å². The summed E-state index contributed by atoms with van der Waals surface area (Å²) in [6.45, 7) is 1.45. The minimum atomic E-state index is -0.735. The first-order valence-electron chi connectivity index (χ1n) is 7.39. The predicted molar refractivity (Wildman–Crippen MR) is 73.3 cm³/mol. The summed E-state index contributed by atoms with van der Waals surface area (Å²) in [5.41, 5.74) is 0. The maximum absolute atomic E-state index is 12.2. The highest BCUT2D eigenvalue weighted by molar-refractivity contribution is 5.80. The Hall–Kier alpha value is -1.14. The Balaban J connectivity index is 1.84. The molecule has 20 heavy (non-hydrogen) atoms. The molecule has 2 fully saturated rings. The van der Waals surface area contributed by atoms with Crippen LogP contribution in [0.25, 0.3) is 0 Å². The Bertz CT molecular complexity index is 361. The van der Waals surface area contributed by atoms with E-state index in [0.717, 1.165) is 25.7 Å². The van der Waals surface area contributed by atoms with Crippen molar-refractivity contribution in [3.05, 3.63) is 0 Å². The highest BCUT2D eigenvalue weighted by atomic mass is 16.5. The molecule has 4 unspecified atom stereocenters. The van der Waals surface area contributed by atoms with Crippen molar-refractivity contribution >= 4 is 11.9 Å². The molecule has 114 valence electrons. The van der Waals surface area contributed by atoms with Crippen molar-refractivity contribution in [1.29, 1.82) is 0 Å². The number of carboxylic acids is 1. The molecule has 0 bridgehead atoms. The van der Waals surface area contributed by atoms with Crippen LogP contribution in [0, 0.1) is 17.8 Å². The molecule has 2 rings (SSSR count). The molecule has 2 aliphatic rings. The summed E-state index contributed by atoms with van der Waals surface area (Å²) in [6, 6.07) is 0.0524. The standard InChI is InChI=1S/C14H24N2O4/c1-15-12-8-20-7-11(12)13(17)16-6-9-4-2-3-5-10(9)14(18)19/h9-12,15H,2-8H2,1H3,(H,16,17)(H,18,19).